The first kappa shape index (κ1) is 22.5. The Balaban J connectivity index is 2.18. The molecule has 0 bridgehead atoms. The second-order valence-electron chi connectivity index (χ2n) is 7.60. The highest BCUT2D eigenvalue weighted by atomic mass is 16.3. The molecule has 1 aromatic heterocycles. The van der Waals surface area contributed by atoms with E-state index in [-0.39, 0.29) is 23.9 Å². The third-order valence-electron chi connectivity index (χ3n) is 4.77. The monoisotopic (exact) mass is 398 g/mol. The first-order valence-electron chi connectivity index (χ1n) is 9.91. The van der Waals surface area contributed by atoms with E-state index >= 15 is 0 Å². The maximum atomic E-state index is 12.6. The summed E-state index contributed by atoms with van der Waals surface area (Å²) in [6, 6.07) is 9.06. The Morgan fingerprint density at radius 1 is 1.10 bits per heavy atom. The Hall–Kier alpha value is -2.80. The van der Waals surface area contributed by atoms with E-state index in [0.717, 1.165) is 5.56 Å². The molecule has 0 saturated carbocycles. The highest BCUT2D eigenvalue weighted by Gasteiger charge is 2.29. The molecule has 0 radical (unpaired) electrons. The van der Waals surface area contributed by atoms with Crippen LogP contribution in [-0.4, -0.2) is 46.1 Å². The number of aromatic nitrogens is 2. The van der Waals surface area contributed by atoms with Gasteiger partial charge in [0.25, 0.3) is 5.91 Å². The number of carbonyl (C=O) groups is 2. The van der Waals surface area contributed by atoms with Crippen LogP contribution in [0.5, 0.6) is 0 Å². The maximum Gasteiger partial charge on any atom is 0.271 e. The SMILES string of the molecule is CNC(=O)[C@H](CC(C)C)C[C@H](O)[C@H](Cc1ccccc1)NC(=O)c1cnccn1. The van der Waals surface area contributed by atoms with Crippen LogP contribution in [0.3, 0.4) is 0 Å². The molecule has 2 aromatic rings. The molecule has 29 heavy (non-hydrogen) atoms. The summed E-state index contributed by atoms with van der Waals surface area (Å²) in [5.74, 6) is -0.525. The van der Waals surface area contributed by atoms with Crippen LogP contribution >= 0.6 is 0 Å². The van der Waals surface area contributed by atoms with Crippen molar-refractivity contribution in [3.63, 3.8) is 0 Å². The van der Waals surface area contributed by atoms with Gasteiger partial charge in [-0.05, 0) is 30.7 Å². The first-order chi connectivity index (χ1) is 13.9. The standard InChI is InChI=1S/C22H30N4O3/c1-15(2)11-17(21(28)23-3)13-20(27)18(12-16-7-5-4-6-8-16)26-22(29)19-14-24-9-10-25-19/h4-10,14-15,17-18,20,27H,11-13H2,1-3H3,(H,23,28)(H,26,29)/t17-,18+,20+/m1/s1. The molecule has 0 unspecified atom stereocenters. The molecular formula is C22H30N4O3. The van der Waals surface area contributed by atoms with E-state index in [4.69, 9.17) is 0 Å². The third-order valence-corrected chi connectivity index (χ3v) is 4.77. The third kappa shape index (κ3) is 7.27. The van der Waals surface area contributed by atoms with Crippen molar-refractivity contribution < 1.29 is 14.7 Å². The van der Waals surface area contributed by atoms with Crippen LogP contribution in [0.15, 0.2) is 48.9 Å². The Morgan fingerprint density at radius 3 is 2.41 bits per heavy atom. The highest BCUT2D eigenvalue weighted by Crippen LogP contribution is 2.20. The minimum atomic E-state index is -0.892. The van der Waals surface area contributed by atoms with Crippen molar-refractivity contribution in [2.45, 2.75) is 45.3 Å². The first-order valence-corrected chi connectivity index (χ1v) is 9.91. The van der Waals surface area contributed by atoms with Gasteiger partial charge in [0.2, 0.25) is 5.91 Å². The highest BCUT2D eigenvalue weighted by molar-refractivity contribution is 5.92. The molecule has 1 aromatic carbocycles. The minimum Gasteiger partial charge on any atom is -0.391 e. The summed E-state index contributed by atoms with van der Waals surface area (Å²) in [6.07, 6.45) is 4.79. The number of aliphatic hydroxyl groups is 1. The van der Waals surface area contributed by atoms with Crippen LogP contribution in [0.4, 0.5) is 0 Å². The van der Waals surface area contributed by atoms with E-state index < -0.39 is 18.1 Å². The smallest absolute Gasteiger partial charge is 0.271 e. The number of rotatable bonds is 10. The van der Waals surface area contributed by atoms with Gasteiger partial charge < -0.3 is 15.7 Å². The van der Waals surface area contributed by atoms with E-state index in [9.17, 15) is 14.7 Å². The lowest BCUT2D eigenvalue weighted by Gasteiger charge is -2.28. The zero-order chi connectivity index (χ0) is 21.2. The number of amides is 2. The van der Waals surface area contributed by atoms with Gasteiger partial charge in [-0.15, -0.1) is 0 Å². The molecule has 1 heterocycles. The number of carbonyl (C=O) groups excluding carboxylic acids is 2. The fourth-order valence-electron chi connectivity index (χ4n) is 3.35. The summed E-state index contributed by atoms with van der Waals surface area (Å²) in [7, 11) is 1.60. The van der Waals surface area contributed by atoms with Gasteiger partial charge in [0.15, 0.2) is 0 Å². The van der Waals surface area contributed by atoms with E-state index in [1.54, 1.807) is 7.05 Å². The minimum absolute atomic E-state index is 0.100. The lowest BCUT2D eigenvalue weighted by atomic mass is 9.87. The average molecular weight is 399 g/mol. The van der Waals surface area contributed by atoms with Crippen LogP contribution < -0.4 is 10.6 Å². The van der Waals surface area contributed by atoms with Crippen LogP contribution in [0, 0.1) is 11.8 Å². The summed E-state index contributed by atoms with van der Waals surface area (Å²) in [4.78, 5) is 32.8. The van der Waals surface area contributed by atoms with Crippen LogP contribution in [-0.2, 0) is 11.2 Å². The van der Waals surface area contributed by atoms with Gasteiger partial charge in [-0.1, -0.05) is 44.2 Å². The van der Waals surface area contributed by atoms with E-state index in [0.29, 0.717) is 18.8 Å². The van der Waals surface area contributed by atoms with Crippen molar-refractivity contribution in [2.24, 2.45) is 11.8 Å². The molecule has 0 aliphatic rings. The summed E-state index contributed by atoms with van der Waals surface area (Å²) >= 11 is 0. The Morgan fingerprint density at radius 2 is 1.83 bits per heavy atom. The van der Waals surface area contributed by atoms with E-state index in [1.807, 2.05) is 44.2 Å². The molecule has 2 rings (SSSR count). The fourth-order valence-corrected chi connectivity index (χ4v) is 3.35. The predicted molar refractivity (Wildman–Crippen MR) is 111 cm³/mol. The summed E-state index contributed by atoms with van der Waals surface area (Å²) in [6.45, 7) is 4.08. The lowest BCUT2D eigenvalue weighted by Crippen LogP contribution is -2.47. The van der Waals surface area contributed by atoms with Crippen molar-refractivity contribution in [1.82, 2.24) is 20.6 Å². The van der Waals surface area contributed by atoms with Gasteiger partial charge >= 0.3 is 0 Å². The van der Waals surface area contributed by atoms with Crippen molar-refractivity contribution in [1.29, 1.82) is 0 Å². The summed E-state index contributed by atoms with van der Waals surface area (Å²) < 4.78 is 0. The molecule has 0 saturated heterocycles. The predicted octanol–water partition coefficient (Wildman–Crippen LogP) is 1.98. The Kier molecular flexibility index (Phi) is 8.73. The number of benzene rings is 1. The molecule has 3 atom stereocenters. The van der Waals surface area contributed by atoms with Crippen molar-refractivity contribution in [3.8, 4) is 0 Å². The average Bonchev–Trinajstić information content (AvgIpc) is 2.73. The van der Waals surface area contributed by atoms with Crippen LogP contribution in [0.2, 0.25) is 0 Å². The fraction of sp³-hybridized carbons (Fsp3) is 0.455. The van der Waals surface area contributed by atoms with Gasteiger partial charge in [-0.2, -0.15) is 0 Å². The molecular weight excluding hydrogens is 368 g/mol. The molecule has 0 aliphatic carbocycles. The second-order valence-corrected chi connectivity index (χ2v) is 7.60. The van der Waals surface area contributed by atoms with Crippen LogP contribution in [0.1, 0.15) is 42.7 Å². The van der Waals surface area contributed by atoms with Crippen molar-refractivity contribution in [2.75, 3.05) is 7.05 Å². The molecule has 2 amide bonds. The number of hydrogen-bond acceptors (Lipinski definition) is 5. The van der Waals surface area contributed by atoms with Crippen LogP contribution in [0.25, 0.3) is 0 Å². The number of aliphatic hydroxyl groups excluding tert-OH is 1. The Labute approximate surface area is 172 Å². The van der Waals surface area contributed by atoms with Crippen molar-refractivity contribution >= 4 is 11.8 Å². The van der Waals surface area contributed by atoms with Gasteiger partial charge in [0.1, 0.15) is 5.69 Å². The molecule has 0 aliphatic heterocycles. The topological polar surface area (TPSA) is 104 Å². The van der Waals surface area contributed by atoms with Gasteiger partial charge in [-0.25, -0.2) is 4.98 Å². The Bertz CT molecular complexity index is 768. The summed E-state index contributed by atoms with van der Waals surface area (Å²) in [5.41, 5.74) is 1.17. The molecule has 3 N–H and O–H groups in total. The molecule has 156 valence electrons. The van der Waals surface area contributed by atoms with E-state index in [2.05, 4.69) is 20.6 Å². The zero-order valence-corrected chi connectivity index (χ0v) is 17.2. The van der Waals surface area contributed by atoms with Crippen molar-refractivity contribution in [3.05, 3.63) is 60.2 Å². The van der Waals surface area contributed by atoms with E-state index in [1.165, 1.54) is 18.6 Å². The lowest BCUT2D eigenvalue weighted by molar-refractivity contribution is -0.126. The molecule has 0 fully saturated rings. The maximum absolute atomic E-state index is 12.6. The quantitative estimate of drug-likeness (QED) is 0.568. The second kappa shape index (κ2) is 11.3. The largest absolute Gasteiger partial charge is 0.391 e. The number of hydrogen-bond donors (Lipinski definition) is 3. The summed E-state index contributed by atoms with van der Waals surface area (Å²) in [5, 5.41) is 16.5. The normalized spacial score (nSPS) is 14.1. The molecule has 7 heteroatoms. The molecule has 7 nitrogen and oxygen atoms in total. The molecule has 0 spiro atoms. The van der Waals surface area contributed by atoms with Gasteiger partial charge in [-0.3, -0.25) is 14.6 Å². The van der Waals surface area contributed by atoms with Gasteiger partial charge in [0.05, 0.1) is 18.3 Å². The zero-order valence-electron chi connectivity index (χ0n) is 17.2. The van der Waals surface area contributed by atoms with Gasteiger partial charge in [0, 0.05) is 25.4 Å². The number of nitrogens with one attached hydrogen (secondary N) is 2. The number of nitrogens with zero attached hydrogens (tertiary/aromatic N) is 2.